The van der Waals surface area contributed by atoms with Gasteiger partial charge in [-0.3, -0.25) is 9.97 Å². The van der Waals surface area contributed by atoms with Crippen molar-refractivity contribution in [2.24, 2.45) is 0 Å². The first-order chi connectivity index (χ1) is 18.8. The predicted octanol–water partition coefficient (Wildman–Crippen LogP) is 8.88. The molecule has 3 aromatic heterocycles. The summed E-state index contributed by atoms with van der Waals surface area (Å²) in [6.45, 7) is 2.20. The third-order valence-corrected chi connectivity index (χ3v) is 7.28. The SMILES string of the molecule is Cc1cc(-n2c3ccccc3c3ccccc32)ccc1-c1cc(-c2cccnc2)cc(-c2cccnc2)c1. The topological polar surface area (TPSA) is 30.7 Å². The van der Waals surface area contributed by atoms with Crippen LogP contribution in [0.25, 0.3) is 60.9 Å². The van der Waals surface area contributed by atoms with Gasteiger partial charge in [-0.05, 0) is 89.3 Å². The second-order valence-electron chi connectivity index (χ2n) is 9.65. The van der Waals surface area contributed by atoms with Crippen LogP contribution in [0.3, 0.4) is 0 Å². The highest BCUT2D eigenvalue weighted by molar-refractivity contribution is 6.09. The molecule has 4 aromatic carbocycles. The molecule has 0 bridgehead atoms. The highest BCUT2D eigenvalue weighted by atomic mass is 15.0. The summed E-state index contributed by atoms with van der Waals surface area (Å²) < 4.78 is 2.37. The maximum atomic E-state index is 4.36. The minimum absolute atomic E-state index is 1.10. The second kappa shape index (κ2) is 9.13. The van der Waals surface area contributed by atoms with Crippen LogP contribution in [0, 0.1) is 6.92 Å². The van der Waals surface area contributed by atoms with Gasteiger partial charge in [-0.15, -0.1) is 0 Å². The van der Waals surface area contributed by atoms with Crippen LogP contribution in [0.4, 0.5) is 0 Å². The zero-order valence-electron chi connectivity index (χ0n) is 21.0. The van der Waals surface area contributed by atoms with E-state index in [0.717, 1.165) is 22.3 Å². The number of rotatable bonds is 4. The molecule has 38 heavy (non-hydrogen) atoms. The van der Waals surface area contributed by atoms with E-state index >= 15 is 0 Å². The van der Waals surface area contributed by atoms with Crippen molar-refractivity contribution in [3.63, 3.8) is 0 Å². The molecule has 0 N–H and O–H groups in total. The first kappa shape index (κ1) is 22.2. The molecule has 0 radical (unpaired) electrons. The van der Waals surface area contributed by atoms with E-state index in [-0.39, 0.29) is 0 Å². The van der Waals surface area contributed by atoms with E-state index in [0.29, 0.717) is 0 Å². The molecule has 0 saturated carbocycles. The molecule has 0 aliphatic rings. The molecule has 0 saturated heterocycles. The summed E-state index contributed by atoms with van der Waals surface area (Å²) >= 11 is 0. The number of hydrogen-bond acceptors (Lipinski definition) is 2. The van der Waals surface area contributed by atoms with Crippen LogP contribution in [-0.4, -0.2) is 14.5 Å². The van der Waals surface area contributed by atoms with Crippen molar-refractivity contribution < 1.29 is 0 Å². The lowest BCUT2D eigenvalue weighted by atomic mass is 9.92. The van der Waals surface area contributed by atoms with Crippen LogP contribution < -0.4 is 0 Å². The molecule has 3 nitrogen and oxygen atoms in total. The Morgan fingerprint density at radius 1 is 0.500 bits per heavy atom. The van der Waals surface area contributed by atoms with Crippen molar-refractivity contribution in [2.75, 3.05) is 0 Å². The van der Waals surface area contributed by atoms with E-state index < -0.39 is 0 Å². The van der Waals surface area contributed by atoms with Crippen LogP contribution in [0.15, 0.2) is 134 Å². The Hall–Kier alpha value is -5.02. The van der Waals surface area contributed by atoms with Crippen molar-refractivity contribution in [2.45, 2.75) is 6.92 Å². The highest BCUT2D eigenvalue weighted by Crippen LogP contribution is 2.36. The smallest absolute Gasteiger partial charge is 0.0541 e. The lowest BCUT2D eigenvalue weighted by Gasteiger charge is -2.15. The molecule has 3 heterocycles. The zero-order valence-corrected chi connectivity index (χ0v) is 21.0. The van der Waals surface area contributed by atoms with Gasteiger partial charge in [0.15, 0.2) is 0 Å². The summed E-state index contributed by atoms with van der Waals surface area (Å²) in [6, 6.07) is 39.0. The third kappa shape index (κ3) is 3.77. The average molecular weight is 488 g/mol. The lowest BCUT2D eigenvalue weighted by molar-refractivity contribution is 1.17. The van der Waals surface area contributed by atoms with E-state index in [1.54, 1.807) is 0 Å². The molecule has 0 spiro atoms. The number of para-hydroxylation sites is 2. The predicted molar refractivity (Wildman–Crippen MR) is 157 cm³/mol. The summed E-state index contributed by atoms with van der Waals surface area (Å²) in [5.41, 5.74) is 11.7. The number of nitrogens with zero attached hydrogens (tertiary/aromatic N) is 3. The number of benzene rings is 4. The first-order valence-corrected chi connectivity index (χ1v) is 12.8. The number of aryl methyl sites for hydroxylation is 1. The maximum Gasteiger partial charge on any atom is 0.0541 e. The summed E-state index contributed by atoms with van der Waals surface area (Å²) in [5, 5.41) is 2.55. The standard InChI is InChI=1S/C35H25N3/c1-24-18-30(38-34-12-4-2-10-32(34)33-11-3-5-13-35(33)38)14-15-31(24)29-20-27(25-8-6-16-36-22-25)19-28(21-29)26-9-7-17-37-23-26/h2-23H,1H3. The molecule has 3 heteroatoms. The Bertz CT molecular complexity index is 1810. The summed E-state index contributed by atoms with van der Waals surface area (Å²) in [6.07, 6.45) is 7.47. The summed E-state index contributed by atoms with van der Waals surface area (Å²) in [7, 11) is 0. The average Bonchev–Trinajstić information content (AvgIpc) is 3.32. The number of fused-ring (bicyclic) bond motifs is 3. The Labute approximate surface area is 221 Å². The van der Waals surface area contributed by atoms with Crippen molar-refractivity contribution in [1.82, 2.24) is 14.5 Å². The fraction of sp³-hybridized carbons (Fsp3) is 0.0286. The van der Waals surface area contributed by atoms with Gasteiger partial charge >= 0.3 is 0 Å². The highest BCUT2D eigenvalue weighted by Gasteiger charge is 2.14. The summed E-state index contributed by atoms with van der Waals surface area (Å²) in [4.78, 5) is 8.72. The van der Waals surface area contributed by atoms with Gasteiger partial charge in [0.1, 0.15) is 0 Å². The van der Waals surface area contributed by atoms with Crippen LogP contribution in [0.5, 0.6) is 0 Å². The van der Waals surface area contributed by atoms with E-state index in [1.165, 1.54) is 44.2 Å². The molecule has 0 atom stereocenters. The maximum absolute atomic E-state index is 4.36. The molecular formula is C35H25N3. The largest absolute Gasteiger partial charge is 0.309 e. The fourth-order valence-electron chi connectivity index (χ4n) is 5.50. The van der Waals surface area contributed by atoms with E-state index in [1.807, 2.05) is 36.9 Å². The first-order valence-electron chi connectivity index (χ1n) is 12.8. The van der Waals surface area contributed by atoms with Gasteiger partial charge in [0, 0.05) is 52.4 Å². The van der Waals surface area contributed by atoms with Crippen LogP contribution in [0.1, 0.15) is 5.56 Å². The minimum Gasteiger partial charge on any atom is -0.309 e. The Balaban J connectivity index is 1.40. The van der Waals surface area contributed by atoms with Crippen molar-refractivity contribution in [1.29, 1.82) is 0 Å². The zero-order chi connectivity index (χ0) is 25.5. The van der Waals surface area contributed by atoms with E-state index in [9.17, 15) is 0 Å². The molecular weight excluding hydrogens is 462 g/mol. The number of aromatic nitrogens is 3. The number of hydrogen-bond donors (Lipinski definition) is 0. The molecule has 0 amide bonds. The quantitative estimate of drug-likeness (QED) is 0.248. The van der Waals surface area contributed by atoms with Crippen molar-refractivity contribution in [3.8, 4) is 39.1 Å². The van der Waals surface area contributed by atoms with Gasteiger partial charge < -0.3 is 4.57 Å². The van der Waals surface area contributed by atoms with Gasteiger partial charge in [-0.2, -0.15) is 0 Å². The number of pyridine rings is 2. The molecule has 0 fully saturated rings. The Kier molecular flexibility index (Phi) is 5.33. The van der Waals surface area contributed by atoms with Gasteiger partial charge in [-0.1, -0.05) is 54.6 Å². The van der Waals surface area contributed by atoms with Gasteiger partial charge in [-0.25, -0.2) is 0 Å². The van der Waals surface area contributed by atoms with Gasteiger partial charge in [0.05, 0.1) is 11.0 Å². The van der Waals surface area contributed by atoms with Crippen molar-refractivity contribution >= 4 is 21.8 Å². The third-order valence-electron chi connectivity index (χ3n) is 7.28. The normalized spacial score (nSPS) is 11.3. The van der Waals surface area contributed by atoms with E-state index in [2.05, 4.69) is 119 Å². The van der Waals surface area contributed by atoms with E-state index in [4.69, 9.17) is 0 Å². The van der Waals surface area contributed by atoms with Crippen molar-refractivity contribution in [3.05, 3.63) is 140 Å². The molecule has 0 unspecified atom stereocenters. The second-order valence-corrected chi connectivity index (χ2v) is 9.65. The molecule has 0 aliphatic carbocycles. The van der Waals surface area contributed by atoms with Crippen LogP contribution in [0.2, 0.25) is 0 Å². The summed E-state index contributed by atoms with van der Waals surface area (Å²) in [5.74, 6) is 0. The molecule has 180 valence electrons. The minimum atomic E-state index is 1.10. The lowest BCUT2D eigenvalue weighted by Crippen LogP contribution is -1.96. The van der Waals surface area contributed by atoms with Gasteiger partial charge in [0.2, 0.25) is 0 Å². The fourth-order valence-corrected chi connectivity index (χ4v) is 5.50. The van der Waals surface area contributed by atoms with Crippen LogP contribution in [-0.2, 0) is 0 Å². The van der Waals surface area contributed by atoms with Gasteiger partial charge in [0.25, 0.3) is 0 Å². The molecule has 7 aromatic rings. The Morgan fingerprint density at radius 2 is 1.05 bits per heavy atom. The Morgan fingerprint density at radius 3 is 1.58 bits per heavy atom. The molecule has 7 rings (SSSR count). The monoisotopic (exact) mass is 487 g/mol. The molecule has 0 aliphatic heterocycles. The van der Waals surface area contributed by atoms with Crippen LogP contribution >= 0.6 is 0 Å².